The SMILES string of the molecule is COc1cc(Br)cc(Nc2cccc(F)c2C(N)=S)c1. The average Bonchev–Trinajstić information content (AvgIpc) is 2.37. The van der Waals surface area contributed by atoms with Crippen molar-refractivity contribution in [3.05, 3.63) is 52.3 Å². The van der Waals surface area contributed by atoms with E-state index in [9.17, 15) is 4.39 Å². The number of halogens is 2. The summed E-state index contributed by atoms with van der Waals surface area (Å²) in [4.78, 5) is 0.00700. The van der Waals surface area contributed by atoms with E-state index < -0.39 is 5.82 Å². The van der Waals surface area contributed by atoms with Crippen LogP contribution in [0.25, 0.3) is 0 Å². The number of nitrogens with one attached hydrogen (secondary N) is 1. The van der Waals surface area contributed by atoms with Crippen molar-refractivity contribution in [2.75, 3.05) is 12.4 Å². The highest BCUT2D eigenvalue weighted by molar-refractivity contribution is 9.10. The van der Waals surface area contributed by atoms with Crippen molar-refractivity contribution in [3.63, 3.8) is 0 Å². The van der Waals surface area contributed by atoms with Crippen LogP contribution in [0.4, 0.5) is 15.8 Å². The van der Waals surface area contributed by atoms with Gasteiger partial charge in [-0.05, 0) is 24.3 Å². The van der Waals surface area contributed by atoms with Crippen molar-refractivity contribution in [2.24, 2.45) is 5.73 Å². The molecule has 0 heterocycles. The number of benzene rings is 2. The summed E-state index contributed by atoms with van der Waals surface area (Å²) in [5.41, 5.74) is 7.02. The van der Waals surface area contributed by atoms with E-state index in [2.05, 4.69) is 21.2 Å². The van der Waals surface area contributed by atoms with Gasteiger partial charge in [-0.2, -0.15) is 0 Å². The lowest BCUT2D eigenvalue weighted by atomic mass is 10.1. The monoisotopic (exact) mass is 354 g/mol. The molecule has 0 radical (unpaired) electrons. The third-order valence-corrected chi connectivity index (χ3v) is 3.31. The summed E-state index contributed by atoms with van der Waals surface area (Å²) in [7, 11) is 1.58. The summed E-state index contributed by atoms with van der Waals surface area (Å²) in [6, 6.07) is 10.1. The molecule has 3 nitrogen and oxygen atoms in total. The van der Waals surface area contributed by atoms with E-state index in [-0.39, 0.29) is 10.6 Å². The molecule has 0 aliphatic heterocycles. The fourth-order valence-electron chi connectivity index (χ4n) is 1.79. The Kier molecular flexibility index (Phi) is 4.57. The maximum Gasteiger partial charge on any atom is 0.135 e. The molecule has 0 atom stereocenters. The zero-order valence-electron chi connectivity index (χ0n) is 10.6. The van der Waals surface area contributed by atoms with Crippen molar-refractivity contribution >= 4 is 44.5 Å². The van der Waals surface area contributed by atoms with Crippen molar-refractivity contribution in [1.29, 1.82) is 0 Å². The summed E-state index contributed by atoms with van der Waals surface area (Å²) in [6.45, 7) is 0. The minimum absolute atomic E-state index is 0.00700. The molecule has 0 aliphatic carbocycles. The summed E-state index contributed by atoms with van der Waals surface area (Å²) >= 11 is 8.28. The van der Waals surface area contributed by atoms with Gasteiger partial charge in [-0.3, -0.25) is 0 Å². The first-order valence-electron chi connectivity index (χ1n) is 5.71. The van der Waals surface area contributed by atoms with Gasteiger partial charge in [0.25, 0.3) is 0 Å². The molecule has 20 heavy (non-hydrogen) atoms. The Labute approximate surface area is 130 Å². The Morgan fingerprint density at radius 3 is 2.75 bits per heavy atom. The van der Waals surface area contributed by atoms with Gasteiger partial charge in [-0.15, -0.1) is 0 Å². The number of methoxy groups -OCH3 is 1. The Hall–Kier alpha value is -1.66. The molecule has 2 rings (SSSR count). The molecule has 2 aromatic rings. The molecule has 3 N–H and O–H groups in total. The minimum atomic E-state index is -0.454. The molecule has 0 aliphatic rings. The molecule has 0 spiro atoms. The first-order valence-corrected chi connectivity index (χ1v) is 6.91. The topological polar surface area (TPSA) is 47.3 Å². The van der Waals surface area contributed by atoms with Crippen molar-refractivity contribution in [2.45, 2.75) is 0 Å². The number of ether oxygens (including phenoxy) is 1. The zero-order valence-corrected chi connectivity index (χ0v) is 13.0. The lowest BCUT2D eigenvalue weighted by Crippen LogP contribution is -2.14. The molecule has 0 saturated heterocycles. The molecule has 0 aromatic heterocycles. The third-order valence-electron chi connectivity index (χ3n) is 2.65. The highest BCUT2D eigenvalue weighted by atomic mass is 79.9. The Morgan fingerprint density at radius 1 is 1.35 bits per heavy atom. The van der Waals surface area contributed by atoms with Crippen LogP contribution in [0.2, 0.25) is 0 Å². The Morgan fingerprint density at radius 2 is 2.10 bits per heavy atom. The number of nitrogens with two attached hydrogens (primary N) is 1. The van der Waals surface area contributed by atoms with Crippen LogP contribution in [0, 0.1) is 5.82 Å². The molecule has 0 amide bonds. The molecule has 0 unspecified atom stereocenters. The van der Waals surface area contributed by atoms with Crippen molar-refractivity contribution in [3.8, 4) is 5.75 Å². The molecule has 2 aromatic carbocycles. The van der Waals surface area contributed by atoms with E-state index in [0.29, 0.717) is 11.4 Å². The molecular formula is C14H12BrFN2OS. The predicted molar refractivity (Wildman–Crippen MR) is 86.3 cm³/mol. The lowest BCUT2D eigenvalue weighted by molar-refractivity contribution is 0.415. The minimum Gasteiger partial charge on any atom is -0.497 e. The molecule has 104 valence electrons. The maximum absolute atomic E-state index is 13.8. The van der Waals surface area contributed by atoms with Gasteiger partial charge >= 0.3 is 0 Å². The van der Waals surface area contributed by atoms with E-state index in [1.54, 1.807) is 25.3 Å². The van der Waals surface area contributed by atoms with Gasteiger partial charge in [-0.25, -0.2) is 4.39 Å². The smallest absolute Gasteiger partial charge is 0.135 e. The van der Waals surface area contributed by atoms with E-state index in [4.69, 9.17) is 22.7 Å². The van der Waals surface area contributed by atoms with Gasteiger partial charge in [-0.1, -0.05) is 34.2 Å². The second-order valence-electron chi connectivity index (χ2n) is 4.03. The Balaban J connectivity index is 2.42. The quantitative estimate of drug-likeness (QED) is 0.815. The fraction of sp³-hybridized carbons (Fsp3) is 0.0714. The largest absolute Gasteiger partial charge is 0.497 e. The van der Waals surface area contributed by atoms with Gasteiger partial charge in [0, 0.05) is 16.2 Å². The molecular weight excluding hydrogens is 343 g/mol. The normalized spacial score (nSPS) is 10.2. The summed E-state index contributed by atoms with van der Waals surface area (Å²) < 4.78 is 19.8. The van der Waals surface area contributed by atoms with Gasteiger partial charge in [0.2, 0.25) is 0 Å². The van der Waals surface area contributed by atoms with Crippen LogP contribution in [0.3, 0.4) is 0 Å². The number of anilines is 2. The average molecular weight is 355 g/mol. The predicted octanol–water partition coefficient (Wildman–Crippen LogP) is 3.97. The first kappa shape index (κ1) is 14.7. The third kappa shape index (κ3) is 3.26. The number of thiocarbonyl (C=S) groups is 1. The van der Waals surface area contributed by atoms with Crippen molar-refractivity contribution in [1.82, 2.24) is 0 Å². The number of hydrogen-bond acceptors (Lipinski definition) is 3. The van der Waals surface area contributed by atoms with E-state index in [1.807, 2.05) is 12.1 Å². The first-order chi connectivity index (χ1) is 9.51. The van der Waals surface area contributed by atoms with Crippen LogP contribution in [0.1, 0.15) is 5.56 Å². The van der Waals surface area contributed by atoms with Gasteiger partial charge in [0.1, 0.15) is 16.6 Å². The van der Waals surface area contributed by atoms with E-state index in [0.717, 1.165) is 10.2 Å². The van der Waals surface area contributed by atoms with Crippen LogP contribution in [0.15, 0.2) is 40.9 Å². The molecule has 0 fully saturated rings. The van der Waals surface area contributed by atoms with Gasteiger partial charge in [0.15, 0.2) is 0 Å². The molecule has 0 bridgehead atoms. The van der Waals surface area contributed by atoms with Crippen LogP contribution >= 0.6 is 28.1 Å². The molecule has 0 saturated carbocycles. The highest BCUT2D eigenvalue weighted by Gasteiger charge is 2.11. The second-order valence-corrected chi connectivity index (χ2v) is 5.39. The fourth-order valence-corrected chi connectivity index (χ4v) is 2.47. The van der Waals surface area contributed by atoms with Crippen molar-refractivity contribution < 1.29 is 9.13 Å². The van der Waals surface area contributed by atoms with Crippen LogP contribution in [0.5, 0.6) is 5.75 Å². The standard InChI is InChI=1S/C14H12BrFN2OS/c1-19-10-6-8(15)5-9(7-10)18-12-4-2-3-11(16)13(12)14(17)20/h2-7,18H,1H3,(H2,17,20). The van der Waals surface area contributed by atoms with Crippen LogP contribution < -0.4 is 15.8 Å². The highest BCUT2D eigenvalue weighted by Crippen LogP contribution is 2.29. The number of hydrogen-bond donors (Lipinski definition) is 2. The molecule has 6 heteroatoms. The van der Waals surface area contributed by atoms with Crippen LogP contribution in [-0.4, -0.2) is 12.1 Å². The lowest BCUT2D eigenvalue weighted by Gasteiger charge is -2.13. The summed E-state index contributed by atoms with van der Waals surface area (Å²) in [5, 5.41) is 3.09. The van der Waals surface area contributed by atoms with Gasteiger partial charge in [0.05, 0.1) is 18.4 Å². The summed E-state index contributed by atoms with van der Waals surface area (Å²) in [5.74, 6) is 0.222. The second kappa shape index (κ2) is 6.19. The zero-order chi connectivity index (χ0) is 14.7. The van der Waals surface area contributed by atoms with Crippen LogP contribution in [-0.2, 0) is 0 Å². The number of rotatable bonds is 4. The maximum atomic E-state index is 13.8. The van der Waals surface area contributed by atoms with Gasteiger partial charge < -0.3 is 15.8 Å². The van der Waals surface area contributed by atoms with E-state index in [1.165, 1.54) is 6.07 Å². The summed E-state index contributed by atoms with van der Waals surface area (Å²) in [6.07, 6.45) is 0. The Bertz CT molecular complexity index is 664. The van der Waals surface area contributed by atoms with E-state index >= 15 is 0 Å².